The van der Waals surface area contributed by atoms with Crippen molar-refractivity contribution in [2.24, 2.45) is 4.99 Å². The maximum Gasteiger partial charge on any atom is 0.363 e. The van der Waals surface area contributed by atoms with Crippen LogP contribution >= 0.6 is 0 Å². The van der Waals surface area contributed by atoms with E-state index in [1.54, 1.807) is 6.08 Å². The molecule has 6 nitrogen and oxygen atoms in total. The lowest BCUT2D eigenvalue weighted by atomic mass is 10.1. The van der Waals surface area contributed by atoms with Gasteiger partial charge >= 0.3 is 5.97 Å². The number of rotatable bonds is 3. The van der Waals surface area contributed by atoms with Crippen LogP contribution in [0.3, 0.4) is 0 Å². The van der Waals surface area contributed by atoms with E-state index in [4.69, 9.17) is 9.26 Å². The van der Waals surface area contributed by atoms with Crippen LogP contribution in [0.25, 0.3) is 11.9 Å². The third-order valence-electron chi connectivity index (χ3n) is 4.49. The molecule has 1 aromatic carbocycles. The van der Waals surface area contributed by atoms with E-state index in [0.29, 0.717) is 11.7 Å². The van der Waals surface area contributed by atoms with Gasteiger partial charge in [-0.05, 0) is 57.5 Å². The summed E-state index contributed by atoms with van der Waals surface area (Å²) in [6, 6.07) is 11.6. The summed E-state index contributed by atoms with van der Waals surface area (Å²) in [5, 5.41) is 4.08. The number of hydrogen-bond acceptors (Lipinski definition) is 5. The van der Waals surface area contributed by atoms with Crippen molar-refractivity contribution >= 4 is 17.9 Å². The van der Waals surface area contributed by atoms with Gasteiger partial charge < -0.3 is 9.26 Å². The van der Waals surface area contributed by atoms with Crippen LogP contribution in [0.1, 0.15) is 33.8 Å². The molecule has 3 aromatic rings. The molecule has 0 radical (unpaired) electrons. The number of carbonyl (C=O) groups is 1. The topological polar surface area (TPSA) is 69.6 Å². The highest BCUT2D eigenvalue weighted by Crippen LogP contribution is 2.25. The highest BCUT2D eigenvalue weighted by Gasteiger charge is 2.25. The van der Waals surface area contributed by atoms with Crippen LogP contribution < -0.4 is 0 Å². The maximum absolute atomic E-state index is 12.3. The minimum absolute atomic E-state index is 0.281. The Hall–Kier alpha value is -3.41. The van der Waals surface area contributed by atoms with Crippen LogP contribution in [-0.4, -0.2) is 21.6 Å². The van der Waals surface area contributed by atoms with Crippen molar-refractivity contribution in [2.45, 2.75) is 27.7 Å². The summed E-state index contributed by atoms with van der Waals surface area (Å²) in [4.78, 5) is 16.7. The van der Waals surface area contributed by atoms with Crippen molar-refractivity contribution in [1.29, 1.82) is 0 Å². The summed E-state index contributed by atoms with van der Waals surface area (Å²) >= 11 is 0. The van der Waals surface area contributed by atoms with E-state index >= 15 is 0 Å². The van der Waals surface area contributed by atoms with Gasteiger partial charge in [0.25, 0.3) is 0 Å². The lowest BCUT2D eigenvalue weighted by Gasteiger charge is -2.03. The largest absolute Gasteiger partial charge is 0.402 e. The summed E-state index contributed by atoms with van der Waals surface area (Å²) in [6.45, 7) is 7.78. The number of hydrogen-bond donors (Lipinski definition) is 0. The number of aliphatic imine (C=N–C) groups is 1. The molecule has 6 heteroatoms. The number of nitrogens with zero attached hydrogens (tertiary/aromatic N) is 3. The molecular weight excluding hydrogens is 342 g/mol. The van der Waals surface area contributed by atoms with Gasteiger partial charge in [-0.15, -0.1) is 0 Å². The molecule has 27 heavy (non-hydrogen) atoms. The number of aromatic nitrogens is 2. The fraction of sp³-hybridized carbons (Fsp3) is 0.190. The molecule has 1 aliphatic heterocycles. The second-order valence-corrected chi connectivity index (χ2v) is 6.66. The van der Waals surface area contributed by atoms with Crippen LogP contribution in [0.5, 0.6) is 0 Å². The van der Waals surface area contributed by atoms with Crippen LogP contribution in [0, 0.1) is 27.7 Å². The van der Waals surface area contributed by atoms with Gasteiger partial charge in [0.05, 0.1) is 0 Å². The monoisotopic (exact) mass is 361 g/mol. The Morgan fingerprint density at radius 3 is 2.59 bits per heavy atom. The highest BCUT2D eigenvalue weighted by molar-refractivity contribution is 6.12. The first kappa shape index (κ1) is 17.0. The van der Waals surface area contributed by atoms with Gasteiger partial charge in [-0.25, -0.2) is 9.79 Å². The highest BCUT2D eigenvalue weighted by atomic mass is 16.6. The van der Waals surface area contributed by atoms with Crippen molar-refractivity contribution in [2.75, 3.05) is 0 Å². The predicted octanol–water partition coefficient (Wildman–Crippen LogP) is 4.04. The lowest BCUT2D eigenvalue weighted by Crippen LogP contribution is -2.05. The van der Waals surface area contributed by atoms with Crippen molar-refractivity contribution in [3.8, 4) is 5.82 Å². The molecule has 0 saturated carbocycles. The summed E-state index contributed by atoms with van der Waals surface area (Å²) in [5.74, 6) is 1.33. The molecule has 0 atom stereocenters. The van der Waals surface area contributed by atoms with Gasteiger partial charge in [0.1, 0.15) is 5.76 Å². The average Bonchev–Trinajstić information content (AvgIpc) is 3.27. The number of aryl methyl sites for hydroxylation is 3. The molecule has 3 heterocycles. The first-order valence-electron chi connectivity index (χ1n) is 8.64. The lowest BCUT2D eigenvalue weighted by molar-refractivity contribution is -0.129. The van der Waals surface area contributed by atoms with E-state index in [-0.39, 0.29) is 5.70 Å². The molecule has 1 aliphatic rings. The van der Waals surface area contributed by atoms with Crippen LogP contribution in [0.2, 0.25) is 0 Å². The molecule has 0 amide bonds. The second kappa shape index (κ2) is 6.39. The van der Waals surface area contributed by atoms with E-state index in [2.05, 4.69) is 10.1 Å². The molecule has 4 rings (SSSR count). The van der Waals surface area contributed by atoms with Gasteiger partial charge in [-0.2, -0.15) is 0 Å². The van der Waals surface area contributed by atoms with Crippen LogP contribution in [0.4, 0.5) is 0 Å². The van der Waals surface area contributed by atoms with Crippen molar-refractivity contribution in [3.63, 3.8) is 0 Å². The Labute approximate surface area is 156 Å². The molecule has 0 unspecified atom stereocenters. The zero-order valence-corrected chi connectivity index (χ0v) is 15.6. The van der Waals surface area contributed by atoms with Crippen molar-refractivity contribution < 1.29 is 14.1 Å². The fourth-order valence-electron chi connectivity index (χ4n) is 3.20. The Morgan fingerprint density at radius 1 is 1.07 bits per heavy atom. The molecule has 0 spiro atoms. The zero-order valence-electron chi connectivity index (χ0n) is 15.6. The number of carbonyl (C=O) groups excluding carboxylic acids is 1. The first-order chi connectivity index (χ1) is 12.9. The molecule has 0 fully saturated rings. The molecule has 136 valence electrons. The first-order valence-corrected chi connectivity index (χ1v) is 8.64. The van der Waals surface area contributed by atoms with Gasteiger partial charge in [0, 0.05) is 23.0 Å². The van der Waals surface area contributed by atoms with Gasteiger partial charge in [-0.3, -0.25) is 4.57 Å². The third kappa shape index (κ3) is 3.10. The quantitative estimate of drug-likeness (QED) is 0.521. The summed E-state index contributed by atoms with van der Waals surface area (Å²) in [5.41, 5.74) is 4.96. The van der Waals surface area contributed by atoms with Crippen molar-refractivity contribution in [1.82, 2.24) is 9.72 Å². The van der Waals surface area contributed by atoms with Gasteiger partial charge in [0.15, 0.2) is 11.5 Å². The SMILES string of the molecule is Cc1cccc(C2=N/C(=C\c3cc(C)n(-c4cc(C)on4)c3C)C(=O)O2)c1. The molecule has 0 saturated heterocycles. The normalized spacial score (nSPS) is 15.3. The van der Waals surface area contributed by atoms with E-state index in [0.717, 1.165) is 33.8 Å². The standard InChI is InChI=1S/C21H19N3O3/c1-12-6-5-7-16(8-12)20-22-18(21(25)26-20)11-17-9-13(2)24(15(17)4)19-10-14(3)27-23-19/h5-11H,1-4H3/b18-11-. The van der Waals surface area contributed by atoms with Crippen LogP contribution in [0.15, 0.2) is 51.6 Å². The second-order valence-electron chi connectivity index (χ2n) is 6.66. The minimum atomic E-state index is -0.450. The minimum Gasteiger partial charge on any atom is -0.402 e. The molecule has 0 aliphatic carbocycles. The molecule has 0 bridgehead atoms. The Bertz CT molecular complexity index is 1120. The molecule has 0 N–H and O–H groups in total. The fourth-order valence-corrected chi connectivity index (χ4v) is 3.20. The van der Waals surface area contributed by atoms with E-state index < -0.39 is 5.97 Å². The summed E-state index contributed by atoms with van der Waals surface area (Å²) in [6.07, 6.45) is 1.75. The smallest absolute Gasteiger partial charge is 0.363 e. The van der Waals surface area contributed by atoms with E-state index in [9.17, 15) is 4.79 Å². The number of esters is 1. The Balaban J connectivity index is 1.72. The Morgan fingerprint density at radius 2 is 1.89 bits per heavy atom. The third-order valence-corrected chi connectivity index (χ3v) is 4.49. The maximum atomic E-state index is 12.3. The average molecular weight is 361 g/mol. The van der Waals surface area contributed by atoms with E-state index in [1.165, 1.54) is 0 Å². The summed E-state index contributed by atoms with van der Waals surface area (Å²) in [7, 11) is 0. The van der Waals surface area contributed by atoms with Gasteiger partial charge in [-0.1, -0.05) is 22.9 Å². The molecule has 2 aromatic heterocycles. The number of benzene rings is 1. The van der Waals surface area contributed by atoms with Gasteiger partial charge in [0.2, 0.25) is 5.90 Å². The number of ether oxygens (including phenoxy) is 1. The number of cyclic esters (lactones) is 1. The van der Waals surface area contributed by atoms with Crippen molar-refractivity contribution in [3.05, 3.63) is 75.9 Å². The Kier molecular flexibility index (Phi) is 4.03. The molecular formula is C21H19N3O3. The van der Waals surface area contributed by atoms with E-state index in [1.807, 2.05) is 68.7 Å². The van der Waals surface area contributed by atoms with Crippen LogP contribution in [-0.2, 0) is 9.53 Å². The summed E-state index contributed by atoms with van der Waals surface area (Å²) < 4.78 is 12.5. The predicted molar refractivity (Wildman–Crippen MR) is 102 cm³/mol. The zero-order chi connectivity index (χ0) is 19.1.